The Morgan fingerprint density at radius 2 is 2.07 bits per heavy atom. The largest absolute Gasteiger partial charge is 0.446 e. The number of ether oxygens (including phenoxy) is 2. The van der Waals surface area contributed by atoms with E-state index in [4.69, 9.17) is 9.47 Å². The number of aliphatic hydroxyl groups excluding tert-OH is 2. The van der Waals surface area contributed by atoms with Gasteiger partial charge in [-0.25, -0.2) is 9.59 Å². The summed E-state index contributed by atoms with van der Waals surface area (Å²) in [4.78, 5) is 28.4. The Morgan fingerprint density at radius 1 is 1.40 bits per heavy atom. The highest BCUT2D eigenvalue weighted by atomic mass is 16.6. The minimum absolute atomic E-state index is 0.0109. The lowest BCUT2D eigenvalue weighted by atomic mass is 10.0. The van der Waals surface area contributed by atoms with Gasteiger partial charge in [0.2, 0.25) is 0 Å². The maximum absolute atomic E-state index is 12.4. The number of nitriles is 1. The molecular formula is C20H30N4O6. The van der Waals surface area contributed by atoms with Crippen LogP contribution in [-0.4, -0.2) is 50.8 Å². The van der Waals surface area contributed by atoms with E-state index in [-0.39, 0.29) is 11.9 Å². The van der Waals surface area contributed by atoms with Crippen molar-refractivity contribution in [3.8, 4) is 6.07 Å². The average Bonchev–Trinajstić information content (AvgIpc) is 3.05. The zero-order valence-electron chi connectivity index (χ0n) is 17.4. The van der Waals surface area contributed by atoms with Gasteiger partial charge in [-0.3, -0.25) is 9.88 Å². The summed E-state index contributed by atoms with van der Waals surface area (Å²) >= 11 is 0. The van der Waals surface area contributed by atoms with Crippen LogP contribution in [0.25, 0.3) is 0 Å². The van der Waals surface area contributed by atoms with Gasteiger partial charge in [-0.2, -0.15) is 10.2 Å². The lowest BCUT2D eigenvalue weighted by Crippen LogP contribution is -2.32. The van der Waals surface area contributed by atoms with Crippen LogP contribution in [-0.2, 0) is 9.47 Å². The highest BCUT2D eigenvalue weighted by Crippen LogP contribution is 2.33. The Labute approximate surface area is 175 Å². The van der Waals surface area contributed by atoms with Gasteiger partial charge in [-0.05, 0) is 18.9 Å². The van der Waals surface area contributed by atoms with E-state index in [1.165, 1.54) is 12.3 Å². The number of carbonyl (C=O) groups is 1. The predicted molar refractivity (Wildman–Crippen MR) is 108 cm³/mol. The molecule has 166 valence electrons. The summed E-state index contributed by atoms with van der Waals surface area (Å²) in [5.41, 5.74) is -0.766. The van der Waals surface area contributed by atoms with Gasteiger partial charge in [0.1, 0.15) is 30.0 Å². The number of aromatic nitrogens is 2. The van der Waals surface area contributed by atoms with E-state index >= 15 is 0 Å². The second-order valence-corrected chi connectivity index (χ2v) is 7.33. The summed E-state index contributed by atoms with van der Waals surface area (Å²) in [6.07, 6.45) is 2.65. The zero-order chi connectivity index (χ0) is 22.1. The molecule has 4 atom stereocenters. The molecule has 0 aromatic carbocycles. The summed E-state index contributed by atoms with van der Waals surface area (Å²) in [5, 5.41) is 31.0. The summed E-state index contributed by atoms with van der Waals surface area (Å²) in [5.74, 6) is -1.03. The van der Waals surface area contributed by atoms with Gasteiger partial charge in [-0.1, -0.05) is 39.5 Å². The maximum atomic E-state index is 12.4. The van der Waals surface area contributed by atoms with Gasteiger partial charge in [0.15, 0.2) is 6.23 Å². The van der Waals surface area contributed by atoms with Crippen molar-refractivity contribution in [2.45, 2.75) is 76.9 Å². The van der Waals surface area contributed by atoms with Crippen molar-refractivity contribution in [3.63, 3.8) is 0 Å². The monoisotopic (exact) mass is 422 g/mol. The van der Waals surface area contributed by atoms with E-state index < -0.39 is 42.7 Å². The van der Waals surface area contributed by atoms with Crippen LogP contribution >= 0.6 is 0 Å². The molecule has 2 rings (SSSR count). The molecule has 1 fully saturated rings. The molecule has 1 aromatic heterocycles. The fourth-order valence-corrected chi connectivity index (χ4v) is 3.36. The molecule has 2 heterocycles. The Balaban J connectivity index is 2.05. The van der Waals surface area contributed by atoms with Crippen LogP contribution in [0.5, 0.6) is 0 Å². The molecule has 0 aliphatic carbocycles. The van der Waals surface area contributed by atoms with E-state index in [1.54, 1.807) is 0 Å². The lowest BCUT2D eigenvalue weighted by molar-refractivity contribution is -0.0469. The summed E-state index contributed by atoms with van der Waals surface area (Å²) in [6, 6.07) is 3.27. The van der Waals surface area contributed by atoms with Crippen molar-refractivity contribution < 1.29 is 24.5 Å². The van der Waals surface area contributed by atoms with Crippen LogP contribution in [0.15, 0.2) is 17.1 Å². The third-order valence-corrected chi connectivity index (χ3v) is 5.07. The van der Waals surface area contributed by atoms with Crippen LogP contribution < -0.4 is 11.0 Å². The molecule has 10 nitrogen and oxygen atoms in total. The number of amides is 1. The first-order valence-electron chi connectivity index (χ1n) is 10.4. The molecular weight excluding hydrogens is 392 g/mol. The molecule has 30 heavy (non-hydrogen) atoms. The maximum Gasteiger partial charge on any atom is 0.413 e. The minimum atomic E-state index is -1.23. The lowest BCUT2D eigenvalue weighted by Gasteiger charge is -2.18. The summed E-state index contributed by atoms with van der Waals surface area (Å²) in [6.45, 7) is 3.66. The second kappa shape index (κ2) is 11.6. The Morgan fingerprint density at radius 3 is 2.60 bits per heavy atom. The molecule has 0 bridgehead atoms. The minimum Gasteiger partial charge on any atom is -0.446 e. The average molecular weight is 422 g/mol. The van der Waals surface area contributed by atoms with E-state index in [0.717, 1.165) is 43.1 Å². The van der Waals surface area contributed by atoms with Crippen LogP contribution in [0.2, 0.25) is 0 Å². The van der Waals surface area contributed by atoms with E-state index in [9.17, 15) is 25.1 Å². The highest BCUT2D eigenvalue weighted by Gasteiger charge is 2.45. The number of anilines is 1. The van der Waals surface area contributed by atoms with Crippen molar-refractivity contribution >= 4 is 11.9 Å². The van der Waals surface area contributed by atoms with Crippen molar-refractivity contribution in [3.05, 3.63) is 22.7 Å². The molecule has 1 aliphatic rings. The van der Waals surface area contributed by atoms with Crippen LogP contribution in [0, 0.1) is 17.2 Å². The van der Waals surface area contributed by atoms with Gasteiger partial charge in [0, 0.05) is 6.20 Å². The summed E-state index contributed by atoms with van der Waals surface area (Å²) < 4.78 is 12.0. The number of hydrogen-bond acceptors (Lipinski definition) is 8. The quantitative estimate of drug-likeness (QED) is 0.518. The number of aliphatic hydroxyl groups is 2. The molecule has 0 saturated carbocycles. The number of unbranched alkanes of at least 4 members (excludes halogenated alkanes) is 2. The van der Waals surface area contributed by atoms with Gasteiger partial charge in [0.05, 0.1) is 12.7 Å². The van der Waals surface area contributed by atoms with Gasteiger partial charge in [0.25, 0.3) is 0 Å². The van der Waals surface area contributed by atoms with E-state index in [0.29, 0.717) is 0 Å². The molecule has 1 saturated heterocycles. The van der Waals surface area contributed by atoms with Crippen molar-refractivity contribution in [1.29, 1.82) is 5.26 Å². The Bertz CT molecular complexity index is 784. The fraction of sp³-hybridized carbons (Fsp3) is 0.700. The molecule has 3 N–H and O–H groups in total. The predicted octanol–water partition coefficient (Wildman–Crippen LogP) is 1.93. The van der Waals surface area contributed by atoms with Crippen LogP contribution in [0.4, 0.5) is 10.6 Å². The van der Waals surface area contributed by atoms with Crippen molar-refractivity contribution in [2.75, 3.05) is 11.9 Å². The van der Waals surface area contributed by atoms with Gasteiger partial charge >= 0.3 is 11.8 Å². The Kier molecular flexibility index (Phi) is 9.23. The smallest absolute Gasteiger partial charge is 0.413 e. The molecule has 1 aliphatic heterocycles. The van der Waals surface area contributed by atoms with E-state index in [2.05, 4.69) is 24.1 Å². The van der Waals surface area contributed by atoms with Crippen LogP contribution in [0.1, 0.15) is 58.6 Å². The molecule has 1 unspecified atom stereocenters. The summed E-state index contributed by atoms with van der Waals surface area (Å²) in [7, 11) is 0. The SMILES string of the molecule is CCCCC(CCCC)OC(=O)Nc1ccn(C2O[C@H](CO)[C@@H](O)[C@@H]2C#N)c(=O)n1. The van der Waals surface area contributed by atoms with Crippen LogP contribution in [0.3, 0.4) is 0 Å². The Hall–Kier alpha value is -2.48. The topological polar surface area (TPSA) is 147 Å². The molecule has 0 spiro atoms. The van der Waals surface area contributed by atoms with Gasteiger partial charge in [-0.15, -0.1) is 0 Å². The highest BCUT2D eigenvalue weighted by molar-refractivity contribution is 5.83. The second-order valence-electron chi connectivity index (χ2n) is 7.33. The molecule has 10 heteroatoms. The zero-order valence-corrected chi connectivity index (χ0v) is 17.4. The van der Waals surface area contributed by atoms with E-state index in [1.807, 2.05) is 6.07 Å². The van der Waals surface area contributed by atoms with Crippen molar-refractivity contribution in [1.82, 2.24) is 9.55 Å². The standard InChI is InChI=1S/C20H30N4O6/c1-3-5-7-13(8-6-4-2)29-20(28)23-16-9-10-24(19(27)22-16)18-14(11-21)17(26)15(12-25)30-18/h9-10,13-15,17-18,25-26H,3-8,12H2,1-2H3,(H,22,23,27,28)/t14-,15+,17-,18?/m0/s1. The fourth-order valence-electron chi connectivity index (χ4n) is 3.36. The number of hydrogen-bond donors (Lipinski definition) is 3. The van der Waals surface area contributed by atoms with Gasteiger partial charge < -0.3 is 19.7 Å². The number of nitrogens with zero attached hydrogens (tertiary/aromatic N) is 3. The number of rotatable bonds is 10. The molecule has 1 aromatic rings. The first kappa shape index (κ1) is 23.8. The van der Waals surface area contributed by atoms with Crippen molar-refractivity contribution in [2.24, 2.45) is 5.92 Å². The number of nitrogens with one attached hydrogen (secondary N) is 1. The first-order valence-corrected chi connectivity index (χ1v) is 10.4. The molecule has 1 amide bonds. The third kappa shape index (κ3) is 6.01. The third-order valence-electron chi connectivity index (χ3n) is 5.07. The number of carbonyl (C=O) groups excluding carboxylic acids is 1. The molecule has 0 radical (unpaired) electrons. The normalized spacial score (nSPS) is 23.3. The first-order chi connectivity index (χ1) is 14.4.